The minimum Gasteiger partial charge on any atom is -0.462 e. The van der Waals surface area contributed by atoms with Crippen molar-refractivity contribution in [3.63, 3.8) is 0 Å². The highest BCUT2D eigenvalue weighted by Crippen LogP contribution is 2.28. The number of hydrogen-bond donors (Lipinski definition) is 1. The van der Waals surface area contributed by atoms with Crippen LogP contribution in [0.4, 0.5) is 0 Å². The summed E-state index contributed by atoms with van der Waals surface area (Å²) in [6.45, 7) is 6.27. The average molecular weight is 242 g/mol. The van der Waals surface area contributed by atoms with Crippen LogP contribution in [0.25, 0.3) is 0 Å². The Morgan fingerprint density at radius 2 is 2.19 bits per heavy atom. The summed E-state index contributed by atoms with van der Waals surface area (Å²) in [5.41, 5.74) is 0. The molecule has 4 heteroatoms. The van der Waals surface area contributed by atoms with E-state index in [1.165, 1.54) is 11.3 Å². The molecule has 0 aromatic carbocycles. The predicted octanol–water partition coefficient (Wildman–Crippen LogP) is 3.00. The second kappa shape index (κ2) is 6.01. The zero-order valence-electron chi connectivity index (χ0n) is 9.90. The topological polar surface area (TPSA) is 46.5 Å². The van der Waals surface area contributed by atoms with E-state index >= 15 is 0 Å². The van der Waals surface area contributed by atoms with Crippen molar-refractivity contribution in [1.29, 1.82) is 0 Å². The molecule has 0 aliphatic carbocycles. The summed E-state index contributed by atoms with van der Waals surface area (Å²) in [5, 5.41) is 9.87. The number of aliphatic hydroxyl groups is 1. The Hall–Kier alpha value is -0.870. The second-order valence-corrected chi connectivity index (χ2v) is 5.18. The number of thiophene rings is 1. The summed E-state index contributed by atoms with van der Waals surface area (Å²) >= 11 is 1.31. The fraction of sp³-hybridized carbons (Fsp3) is 0.583. The molecule has 90 valence electrons. The summed E-state index contributed by atoms with van der Waals surface area (Å²) < 4.78 is 4.89. The van der Waals surface area contributed by atoms with Crippen LogP contribution in [-0.4, -0.2) is 17.7 Å². The van der Waals surface area contributed by atoms with Gasteiger partial charge in [0.25, 0.3) is 0 Å². The summed E-state index contributed by atoms with van der Waals surface area (Å²) in [7, 11) is 0. The number of hydrogen-bond acceptors (Lipinski definition) is 4. The Bertz CT molecular complexity index is 344. The zero-order valence-corrected chi connectivity index (χ0v) is 10.7. The molecule has 0 fully saturated rings. The summed E-state index contributed by atoms with van der Waals surface area (Å²) in [6.07, 6.45) is 0.233. The molecule has 0 saturated carbocycles. The first-order valence-electron chi connectivity index (χ1n) is 5.49. The minimum atomic E-state index is -0.479. The van der Waals surface area contributed by atoms with E-state index in [2.05, 4.69) is 13.8 Å². The molecule has 1 aromatic rings. The predicted molar refractivity (Wildman–Crippen MR) is 64.7 cm³/mol. The lowest BCUT2D eigenvalue weighted by Crippen LogP contribution is -2.02. The molecule has 0 unspecified atom stereocenters. The van der Waals surface area contributed by atoms with Gasteiger partial charge in [0.15, 0.2) is 0 Å². The molecule has 3 nitrogen and oxygen atoms in total. The van der Waals surface area contributed by atoms with Crippen LogP contribution in [0.15, 0.2) is 12.1 Å². The summed E-state index contributed by atoms with van der Waals surface area (Å²) in [4.78, 5) is 12.8. The molecule has 1 N–H and O–H groups in total. The highest BCUT2D eigenvalue weighted by molar-refractivity contribution is 7.14. The van der Waals surface area contributed by atoms with Gasteiger partial charge < -0.3 is 9.84 Å². The Kier molecular flexibility index (Phi) is 4.96. The number of aliphatic hydroxyl groups excluding tert-OH is 1. The van der Waals surface area contributed by atoms with Crippen LogP contribution in [0.1, 0.15) is 47.8 Å². The van der Waals surface area contributed by atoms with Gasteiger partial charge in [-0.3, -0.25) is 0 Å². The normalized spacial score (nSPS) is 12.8. The Morgan fingerprint density at radius 3 is 2.75 bits per heavy atom. The van der Waals surface area contributed by atoms with Crippen molar-refractivity contribution in [3.05, 3.63) is 21.9 Å². The van der Waals surface area contributed by atoms with Crippen LogP contribution in [0.3, 0.4) is 0 Å². The fourth-order valence-electron chi connectivity index (χ4n) is 1.41. The minimum absolute atomic E-state index is 0.310. The smallest absolute Gasteiger partial charge is 0.348 e. The van der Waals surface area contributed by atoms with Crippen molar-refractivity contribution < 1.29 is 14.6 Å². The van der Waals surface area contributed by atoms with E-state index in [0.29, 0.717) is 23.8 Å². The first-order chi connectivity index (χ1) is 7.54. The van der Waals surface area contributed by atoms with Crippen molar-refractivity contribution in [2.45, 2.75) is 33.3 Å². The lowest BCUT2D eigenvalue weighted by molar-refractivity contribution is 0.0532. The molecule has 1 aromatic heterocycles. The van der Waals surface area contributed by atoms with Gasteiger partial charge in [-0.1, -0.05) is 13.8 Å². The van der Waals surface area contributed by atoms with E-state index in [1.807, 2.05) is 0 Å². The van der Waals surface area contributed by atoms with Crippen LogP contribution in [0.2, 0.25) is 0 Å². The lowest BCUT2D eigenvalue weighted by Gasteiger charge is -2.10. The van der Waals surface area contributed by atoms with Gasteiger partial charge in [0.1, 0.15) is 4.88 Å². The highest BCUT2D eigenvalue weighted by atomic mass is 32.1. The average Bonchev–Trinajstić information content (AvgIpc) is 2.65. The first kappa shape index (κ1) is 13.2. The lowest BCUT2D eigenvalue weighted by atomic mass is 10.1. The molecule has 0 radical (unpaired) electrons. The molecule has 0 aliphatic rings. The standard InChI is InChI=1S/C12H18O3S/c1-4-15-12(14)11-6-5-10(16-11)9(13)7-8(2)3/h5-6,8-9,13H,4,7H2,1-3H3/t9-/m0/s1. The summed E-state index contributed by atoms with van der Waals surface area (Å²) in [6, 6.07) is 3.51. The molecule has 1 heterocycles. The van der Waals surface area contributed by atoms with Crippen molar-refractivity contribution >= 4 is 17.3 Å². The molecule has 0 aliphatic heterocycles. The number of rotatable bonds is 5. The Labute approximate surface area is 100 Å². The van der Waals surface area contributed by atoms with Crippen LogP contribution in [-0.2, 0) is 4.74 Å². The third-order valence-electron chi connectivity index (χ3n) is 2.13. The largest absolute Gasteiger partial charge is 0.462 e. The van der Waals surface area contributed by atoms with Gasteiger partial charge in [-0.15, -0.1) is 11.3 Å². The molecule has 1 rings (SSSR count). The van der Waals surface area contributed by atoms with E-state index in [0.717, 1.165) is 4.88 Å². The van der Waals surface area contributed by atoms with E-state index in [4.69, 9.17) is 4.74 Å². The van der Waals surface area contributed by atoms with Gasteiger partial charge in [-0.25, -0.2) is 4.79 Å². The summed E-state index contributed by atoms with van der Waals surface area (Å²) in [5.74, 6) is 0.124. The van der Waals surface area contributed by atoms with Gasteiger partial charge in [0, 0.05) is 4.88 Å². The van der Waals surface area contributed by atoms with Gasteiger partial charge in [-0.05, 0) is 31.4 Å². The molecule has 0 spiro atoms. The van der Waals surface area contributed by atoms with Crippen molar-refractivity contribution in [2.24, 2.45) is 5.92 Å². The highest BCUT2D eigenvalue weighted by Gasteiger charge is 2.15. The second-order valence-electron chi connectivity index (χ2n) is 4.07. The van der Waals surface area contributed by atoms with E-state index in [1.54, 1.807) is 19.1 Å². The maximum atomic E-state index is 11.4. The van der Waals surface area contributed by atoms with Crippen LogP contribution in [0.5, 0.6) is 0 Å². The molecule has 1 atom stereocenters. The number of ether oxygens (including phenoxy) is 1. The van der Waals surface area contributed by atoms with Gasteiger partial charge in [-0.2, -0.15) is 0 Å². The molecule has 16 heavy (non-hydrogen) atoms. The van der Waals surface area contributed by atoms with Crippen molar-refractivity contribution in [1.82, 2.24) is 0 Å². The molecule has 0 bridgehead atoms. The molecular weight excluding hydrogens is 224 g/mol. The number of carbonyl (C=O) groups is 1. The molecule has 0 saturated heterocycles. The zero-order chi connectivity index (χ0) is 12.1. The van der Waals surface area contributed by atoms with Crippen LogP contribution >= 0.6 is 11.3 Å². The molecular formula is C12H18O3S. The fourth-order valence-corrected chi connectivity index (χ4v) is 2.31. The maximum absolute atomic E-state index is 11.4. The number of esters is 1. The van der Waals surface area contributed by atoms with Crippen LogP contribution in [0, 0.1) is 5.92 Å². The van der Waals surface area contributed by atoms with Crippen LogP contribution < -0.4 is 0 Å². The SMILES string of the molecule is CCOC(=O)c1ccc([C@@H](O)CC(C)C)s1. The third-order valence-corrected chi connectivity index (χ3v) is 3.29. The third kappa shape index (κ3) is 3.61. The monoisotopic (exact) mass is 242 g/mol. The number of carbonyl (C=O) groups excluding carboxylic acids is 1. The van der Waals surface area contributed by atoms with E-state index in [9.17, 15) is 9.90 Å². The molecule has 0 amide bonds. The van der Waals surface area contributed by atoms with Crippen molar-refractivity contribution in [3.8, 4) is 0 Å². The Morgan fingerprint density at radius 1 is 1.50 bits per heavy atom. The van der Waals surface area contributed by atoms with Gasteiger partial charge in [0.2, 0.25) is 0 Å². The quantitative estimate of drug-likeness (QED) is 0.807. The van der Waals surface area contributed by atoms with Gasteiger partial charge >= 0.3 is 5.97 Å². The maximum Gasteiger partial charge on any atom is 0.348 e. The van der Waals surface area contributed by atoms with Crippen molar-refractivity contribution in [2.75, 3.05) is 6.61 Å². The van der Waals surface area contributed by atoms with Gasteiger partial charge in [0.05, 0.1) is 12.7 Å². The first-order valence-corrected chi connectivity index (χ1v) is 6.31. The Balaban J connectivity index is 2.67. The van der Waals surface area contributed by atoms with E-state index < -0.39 is 6.10 Å². The van der Waals surface area contributed by atoms with E-state index in [-0.39, 0.29) is 5.97 Å².